The number of carbonyl (C=O) groups excluding carboxylic acids is 2. The van der Waals surface area contributed by atoms with Crippen molar-refractivity contribution in [1.82, 2.24) is 0 Å². The molecule has 0 bridgehead atoms. The number of phosphoric ester groups is 1. The Morgan fingerprint density at radius 2 is 0.820 bits per heavy atom. The fourth-order valence-electron chi connectivity index (χ4n) is 7.47. The molecular weight excluding hydrogens is 792 g/mol. The number of carbonyl (C=O) groups is 2. The number of rotatable bonds is 49. The molecule has 0 aliphatic heterocycles. The predicted molar refractivity (Wildman–Crippen MR) is 252 cm³/mol. The summed E-state index contributed by atoms with van der Waals surface area (Å²) in [6.07, 6.45) is 47.7. The molecule has 0 aromatic rings. The third-order valence-corrected chi connectivity index (χ3v) is 12.4. The van der Waals surface area contributed by atoms with Crippen molar-refractivity contribution in [1.29, 1.82) is 0 Å². The monoisotopic (exact) mass is 889 g/mol. The van der Waals surface area contributed by atoms with E-state index in [1.165, 1.54) is 186 Å². The molecule has 362 valence electrons. The van der Waals surface area contributed by atoms with E-state index in [9.17, 15) is 24.2 Å². The average molecular weight is 889 g/mol. The predicted octanol–water partition coefficient (Wildman–Crippen LogP) is 14.3. The van der Waals surface area contributed by atoms with E-state index in [1.807, 2.05) is 0 Å². The molecule has 0 aliphatic carbocycles. The smallest absolute Gasteiger partial charge is 0.462 e. The Kier molecular flexibility index (Phi) is 45.7. The number of hydrogen-bond acceptors (Lipinski definition) is 9. The van der Waals surface area contributed by atoms with Gasteiger partial charge in [0.1, 0.15) is 12.7 Å². The summed E-state index contributed by atoms with van der Waals surface area (Å²) in [6.45, 7) is 2.41. The third kappa shape index (κ3) is 46.5. The lowest BCUT2D eigenvalue weighted by Crippen LogP contribution is -2.29. The summed E-state index contributed by atoms with van der Waals surface area (Å²) in [5.41, 5.74) is 0. The quantitative estimate of drug-likeness (QED) is 0.0233. The molecule has 3 N–H and O–H groups in total. The van der Waals surface area contributed by atoms with Crippen LogP contribution in [-0.4, -0.2) is 65.7 Å². The summed E-state index contributed by atoms with van der Waals surface area (Å²) in [5, 5.41) is 18.4. The fourth-order valence-corrected chi connectivity index (χ4v) is 8.26. The number of esters is 2. The summed E-state index contributed by atoms with van der Waals surface area (Å²) in [4.78, 5) is 35.1. The molecule has 0 aromatic heterocycles. The van der Waals surface area contributed by atoms with Gasteiger partial charge in [-0.25, -0.2) is 4.57 Å². The average Bonchev–Trinajstić information content (AvgIpc) is 3.25. The van der Waals surface area contributed by atoms with Gasteiger partial charge in [0, 0.05) is 12.8 Å². The van der Waals surface area contributed by atoms with Crippen molar-refractivity contribution in [3.8, 4) is 0 Å². The molecule has 0 fully saturated rings. The molecule has 0 saturated heterocycles. The number of aliphatic hydroxyl groups excluding tert-OH is 2. The molecule has 0 amide bonds. The minimum Gasteiger partial charge on any atom is -0.462 e. The first kappa shape index (κ1) is 59.7. The van der Waals surface area contributed by atoms with Crippen molar-refractivity contribution in [2.45, 2.75) is 270 Å². The second kappa shape index (κ2) is 46.7. The van der Waals surface area contributed by atoms with Crippen molar-refractivity contribution < 1.29 is 47.8 Å². The highest BCUT2D eigenvalue weighted by molar-refractivity contribution is 7.47. The van der Waals surface area contributed by atoms with E-state index in [0.717, 1.165) is 32.1 Å². The molecule has 0 rings (SSSR count). The van der Waals surface area contributed by atoms with Crippen LogP contribution >= 0.6 is 7.82 Å². The lowest BCUT2D eigenvalue weighted by atomic mass is 10.0. The van der Waals surface area contributed by atoms with E-state index in [4.69, 9.17) is 23.6 Å². The van der Waals surface area contributed by atoms with Crippen LogP contribution < -0.4 is 0 Å². The first-order valence-electron chi connectivity index (χ1n) is 25.6. The van der Waals surface area contributed by atoms with Crippen molar-refractivity contribution >= 4 is 19.8 Å². The Morgan fingerprint density at radius 3 is 1.23 bits per heavy atom. The van der Waals surface area contributed by atoms with Gasteiger partial charge >= 0.3 is 19.8 Å². The van der Waals surface area contributed by atoms with Gasteiger partial charge in [0.2, 0.25) is 0 Å². The Balaban J connectivity index is 4.15. The zero-order valence-electron chi connectivity index (χ0n) is 39.7. The highest BCUT2D eigenvalue weighted by Crippen LogP contribution is 2.43. The number of phosphoric acid groups is 1. The number of ether oxygens (including phenoxy) is 2. The molecule has 3 atom stereocenters. The minimum atomic E-state index is -4.62. The summed E-state index contributed by atoms with van der Waals surface area (Å²) >= 11 is 0. The molecular formula is C50H97O10P. The number of hydrogen-bond donors (Lipinski definition) is 3. The second-order valence-electron chi connectivity index (χ2n) is 17.6. The third-order valence-electron chi connectivity index (χ3n) is 11.4. The van der Waals surface area contributed by atoms with Crippen molar-refractivity contribution in [2.24, 2.45) is 0 Å². The molecule has 61 heavy (non-hydrogen) atoms. The topological polar surface area (TPSA) is 149 Å². The van der Waals surface area contributed by atoms with Crippen LogP contribution in [0.4, 0.5) is 0 Å². The molecule has 0 spiro atoms. The summed E-state index contributed by atoms with van der Waals surface area (Å²) < 4.78 is 32.8. The first-order valence-corrected chi connectivity index (χ1v) is 27.1. The van der Waals surface area contributed by atoms with E-state index in [2.05, 4.69) is 26.0 Å². The number of aliphatic hydroxyl groups is 2. The Hall–Kier alpha value is -1.29. The Morgan fingerprint density at radius 1 is 0.475 bits per heavy atom. The lowest BCUT2D eigenvalue weighted by Gasteiger charge is -2.20. The number of allylic oxidation sites excluding steroid dienone is 2. The van der Waals surface area contributed by atoms with Crippen LogP contribution in [0.5, 0.6) is 0 Å². The molecule has 0 radical (unpaired) electrons. The van der Waals surface area contributed by atoms with E-state index >= 15 is 0 Å². The molecule has 11 heteroatoms. The fraction of sp³-hybridized carbons (Fsp3) is 0.920. The second-order valence-corrected chi connectivity index (χ2v) is 19.0. The SMILES string of the molecule is CCCCCCCCCCCCCCCCCCCC/C=C/CCCC(=O)O[C@H](COC(=O)CCCCCCCCCCCCCCCCC)COP(=O)(O)OC[C@@H](O)CO. The van der Waals surface area contributed by atoms with E-state index in [-0.39, 0.29) is 19.4 Å². The van der Waals surface area contributed by atoms with Crippen LogP contribution in [0.2, 0.25) is 0 Å². The van der Waals surface area contributed by atoms with Gasteiger partial charge in [0.25, 0.3) is 0 Å². The minimum absolute atomic E-state index is 0.142. The van der Waals surface area contributed by atoms with Gasteiger partial charge in [0.05, 0.1) is 19.8 Å². The molecule has 1 unspecified atom stereocenters. The van der Waals surface area contributed by atoms with Crippen molar-refractivity contribution in [2.75, 3.05) is 26.4 Å². The molecule has 10 nitrogen and oxygen atoms in total. The van der Waals surface area contributed by atoms with Gasteiger partial charge in [0.15, 0.2) is 6.10 Å². The highest BCUT2D eigenvalue weighted by Gasteiger charge is 2.27. The van der Waals surface area contributed by atoms with Gasteiger partial charge in [-0.05, 0) is 32.1 Å². The highest BCUT2D eigenvalue weighted by atomic mass is 31.2. The van der Waals surface area contributed by atoms with E-state index in [1.54, 1.807) is 0 Å². The molecule has 0 aliphatic rings. The van der Waals surface area contributed by atoms with Crippen LogP contribution in [0.15, 0.2) is 12.2 Å². The van der Waals surface area contributed by atoms with Crippen LogP contribution in [0.25, 0.3) is 0 Å². The zero-order chi connectivity index (χ0) is 44.8. The zero-order valence-corrected chi connectivity index (χ0v) is 40.5. The van der Waals surface area contributed by atoms with E-state index in [0.29, 0.717) is 12.8 Å². The maximum Gasteiger partial charge on any atom is 0.472 e. The Labute approximate surface area is 375 Å². The summed E-state index contributed by atoms with van der Waals surface area (Å²) in [6, 6.07) is 0. The Bertz CT molecular complexity index is 1020. The van der Waals surface area contributed by atoms with Gasteiger partial charge in [-0.1, -0.05) is 225 Å². The van der Waals surface area contributed by atoms with Gasteiger partial charge in [-0.3, -0.25) is 18.6 Å². The van der Waals surface area contributed by atoms with Crippen molar-refractivity contribution in [3.05, 3.63) is 12.2 Å². The maximum absolute atomic E-state index is 12.7. The lowest BCUT2D eigenvalue weighted by molar-refractivity contribution is -0.161. The van der Waals surface area contributed by atoms with E-state index < -0.39 is 51.8 Å². The summed E-state index contributed by atoms with van der Waals surface area (Å²) in [7, 11) is -4.62. The summed E-state index contributed by atoms with van der Waals surface area (Å²) in [5.74, 6) is -0.946. The number of unbranched alkanes of at least 4 members (excludes halogenated alkanes) is 33. The van der Waals surface area contributed by atoms with Crippen LogP contribution in [0.3, 0.4) is 0 Å². The largest absolute Gasteiger partial charge is 0.472 e. The molecule has 0 heterocycles. The normalized spacial score (nSPS) is 13.7. The van der Waals surface area contributed by atoms with Crippen LogP contribution in [0, 0.1) is 0 Å². The van der Waals surface area contributed by atoms with Gasteiger partial charge in [-0.2, -0.15) is 0 Å². The standard InChI is InChI=1S/C50H97O10P/c1-3-5-7-9-11-13-15-17-19-20-21-22-23-24-25-26-28-30-32-34-36-38-40-42-50(54)60-48(46-59-61(55,56)58-44-47(52)43-51)45-57-49(53)41-39-37-35-33-31-29-27-18-16-14-12-10-8-6-4-2/h34,36,47-48,51-52H,3-33,35,37-46H2,1-2H3,(H,55,56)/b36-34+/t47-,48+/m0/s1. The van der Waals surface area contributed by atoms with Gasteiger partial charge < -0.3 is 24.6 Å². The van der Waals surface area contributed by atoms with Gasteiger partial charge in [-0.15, -0.1) is 0 Å². The van der Waals surface area contributed by atoms with Crippen LogP contribution in [-0.2, 0) is 32.7 Å². The maximum atomic E-state index is 12.7. The first-order chi connectivity index (χ1) is 29.7. The molecule has 0 saturated carbocycles. The molecule has 0 aromatic carbocycles. The van der Waals surface area contributed by atoms with Crippen molar-refractivity contribution in [3.63, 3.8) is 0 Å². The van der Waals surface area contributed by atoms with Crippen LogP contribution in [0.1, 0.15) is 258 Å².